The van der Waals surface area contributed by atoms with Crippen LogP contribution in [-0.4, -0.2) is 18.6 Å². The Labute approximate surface area is 204 Å². The molecule has 1 aromatic heterocycles. The Hall–Kier alpha value is -2.54. The number of alkyl halides is 3. The molecule has 0 bridgehead atoms. The number of nitrogens with one attached hydrogen (secondary N) is 1. The number of benzene rings is 1. The molecule has 0 spiro atoms. The van der Waals surface area contributed by atoms with Crippen LogP contribution in [0.2, 0.25) is 0 Å². The topological polar surface area (TPSA) is 51.5 Å². The summed E-state index contributed by atoms with van der Waals surface area (Å²) in [5.74, 6) is -0.460. The van der Waals surface area contributed by atoms with Gasteiger partial charge in [-0.1, -0.05) is 62.1 Å². The standard InChI is InChI=1S/C28H34F3NO3/c1-2-20-18-24(23(20)14-17-32-19-22-12-13-25(34-22)28(29,30)31)35-26(33)27(15-8-3-4-9-16-27)21-10-6-5-7-11-21/h2,5-7,10-13,20,23-24,32H,1,3-4,8-9,14-19H2/t20?,23?,24-/m0/s1. The molecule has 2 aromatic rings. The first kappa shape index (κ1) is 25.5. The van der Waals surface area contributed by atoms with Gasteiger partial charge < -0.3 is 14.5 Å². The number of carbonyl (C=O) groups is 1. The van der Waals surface area contributed by atoms with Crippen LogP contribution in [0.5, 0.6) is 0 Å². The quantitative estimate of drug-likeness (QED) is 0.182. The van der Waals surface area contributed by atoms with Crippen LogP contribution in [-0.2, 0) is 27.7 Å². The summed E-state index contributed by atoms with van der Waals surface area (Å²) in [5.41, 5.74) is 0.455. The van der Waals surface area contributed by atoms with Crippen molar-refractivity contribution in [2.24, 2.45) is 11.8 Å². The largest absolute Gasteiger partial charge is 0.461 e. The second-order valence-corrected chi connectivity index (χ2v) is 9.83. The first-order chi connectivity index (χ1) is 16.8. The van der Waals surface area contributed by atoms with Gasteiger partial charge in [-0.15, -0.1) is 6.58 Å². The molecule has 0 saturated heterocycles. The molecule has 35 heavy (non-hydrogen) atoms. The van der Waals surface area contributed by atoms with Gasteiger partial charge in [0.05, 0.1) is 12.0 Å². The zero-order chi connectivity index (χ0) is 24.9. The molecule has 2 aliphatic rings. The van der Waals surface area contributed by atoms with E-state index in [-0.39, 0.29) is 36.2 Å². The second kappa shape index (κ2) is 11.0. The van der Waals surface area contributed by atoms with Crippen LogP contribution in [0.4, 0.5) is 13.2 Å². The minimum absolute atomic E-state index is 0.119. The predicted octanol–water partition coefficient (Wildman–Crippen LogP) is 6.80. The van der Waals surface area contributed by atoms with Gasteiger partial charge in [-0.2, -0.15) is 13.2 Å². The van der Waals surface area contributed by atoms with Gasteiger partial charge in [-0.25, -0.2) is 0 Å². The van der Waals surface area contributed by atoms with Gasteiger partial charge in [-0.05, 0) is 55.8 Å². The maximum Gasteiger partial charge on any atom is 0.449 e. The summed E-state index contributed by atoms with van der Waals surface area (Å²) >= 11 is 0. The minimum atomic E-state index is -4.48. The number of esters is 1. The molecule has 2 fully saturated rings. The Balaban J connectivity index is 1.35. The van der Waals surface area contributed by atoms with Gasteiger partial charge in [0.2, 0.25) is 5.76 Å². The summed E-state index contributed by atoms with van der Waals surface area (Å²) < 4.78 is 49.2. The normalized spacial score (nSPS) is 24.3. The first-order valence-electron chi connectivity index (χ1n) is 12.6. The molecule has 1 N–H and O–H groups in total. The molecule has 7 heteroatoms. The summed E-state index contributed by atoms with van der Waals surface area (Å²) in [7, 11) is 0. The number of hydrogen-bond acceptors (Lipinski definition) is 4. The van der Waals surface area contributed by atoms with E-state index in [1.807, 2.05) is 36.4 Å². The van der Waals surface area contributed by atoms with Crippen molar-refractivity contribution in [2.75, 3.05) is 6.54 Å². The molecule has 0 amide bonds. The number of ether oxygens (including phenoxy) is 1. The number of allylic oxidation sites excluding steroid dienone is 1. The maximum atomic E-state index is 13.6. The molecule has 0 radical (unpaired) electrons. The van der Waals surface area contributed by atoms with Crippen LogP contribution in [0.3, 0.4) is 0 Å². The first-order valence-corrected chi connectivity index (χ1v) is 12.6. The second-order valence-electron chi connectivity index (χ2n) is 9.83. The average Bonchev–Trinajstić information content (AvgIpc) is 3.18. The number of halogens is 3. The van der Waals surface area contributed by atoms with Crippen molar-refractivity contribution >= 4 is 5.97 Å². The Morgan fingerprint density at radius 3 is 2.46 bits per heavy atom. The van der Waals surface area contributed by atoms with Gasteiger partial charge >= 0.3 is 12.1 Å². The molecule has 1 aromatic carbocycles. The van der Waals surface area contributed by atoms with Crippen molar-refractivity contribution in [3.8, 4) is 0 Å². The number of furan rings is 1. The Bertz CT molecular complexity index is 977. The van der Waals surface area contributed by atoms with Crippen LogP contribution in [0.25, 0.3) is 0 Å². The molecule has 1 heterocycles. The van der Waals surface area contributed by atoms with E-state index in [9.17, 15) is 18.0 Å². The molecule has 0 aliphatic heterocycles. The minimum Gasteiger partial charge on any atom is -0.461 e. The van der Waals surface area contributed by atoms with E-state index in [0.29, 0.717) is 6.54 Å². The third-order valence-electron chi connectivity index (χ3n) is 7.66. The lowest BCUT2D eigenvalue weighted by molar-refractivity contribution is -0.169. The van der Waals surface area contributed by atoms with E-state index in [1.165, 1.54) is 6.07 Å². The van der Waals surface area contributed by atoms with Gasteiger partial charge in [-0.3, -0.25) is 4.79 Å². The highest BCUT2D eigenvalue weighted by molar-refractivity contribution is 5.83. The lowest BCUT2D eigenvalue weighted by Crippen LogP contribution is -2.48. The monoisotopic (exact) mass is 489 g/mol. The fourth-order valence-corrected chi connectivity index (χ4v) is 5.56. The summed E-state index contributed by atoms with van der Waals surface area (Å²) in [4.78, 5) is 13.6. The van der Waals surface area contributed by atoms with Crippen LogP contribution < -0.4 is 5.32 Å². The van der Waals surface area contributed by atoms with Crippen molar-refractivity contribution in [2.45, 2.75) is 75.6 Å². The Kier molecular flexibility index (Phi) is 8.05. The van der Waals surface area contributed by atoms with E-state index in [4.69, 9.17) is 9.15 Å². The van der Waals surface area contributed by atoms with E-state index in [0.717, 1.165) is 63.0 Å². The smallest absolute Gasteiger partial charge is 0.449 e. The molecule has 190 valence electrons. The molecule has 2 saturated carbocycles. The summed E-state index contributed by atoms with van der Waals surface area (Å²) in [6, 6.07) is 12.3. The van der Waals surface area contributed by atoms with E-state index in [1.54, 1.807) is 0 Å². The average molecular weight is 490 g/mol. The number of hydrogen-bond donors (Lipinski definition) is 1. The zero-order valence-electron chi connectivity index (χ0n) is 20.0. The van der Waals surface area contributed by atoms with Crippen LogP contribution in [0.15, 0.2) is 59.5 Å². The van der Waals surface area contributed by atoms with Crippen molar-refractivity contribution in [3.63, 3.8) is 0 Å². The van der Waals surface area contributed by atoms with Gasteiger partial charge in [0.1, 0.15) is 11.9 Å². The zero-order valence-corrected chi connectivity index (χ0v) is 20.0. The summed E-state index contributed by atoms with van der Waals surface area (Å²) in [6.07, 6.45) is 4.68. The highest BCUT2D eigenvalue weighted by Gasteiger charge is 2.47. The molecule has 2 unspecified atom stereocenters. The van der Waals surface area contributed by atoms with Gasteiger partial charge in [0.15, 0.2) is 0 Å². The third-order valence-corrected chi connectivity index (χ3v) is 7.66. The van der Waals surface area contributed by atoms with Crippen molar-refractivity contribution in [3.05, 3.63) is 72.2 Å². The molecular weight excluding hydrogens is 455 g/mol. The molecule has 4 rings (SSSR count). The van der Waals surface area contributed by atoms with Crippen molar-refractivity contribution in [1.82, 2.24) is 5.32 Å². The van der Waals surface area contributed by atoms with E-state index >= 15 is 0 Å². The molecule has 2 aliphatic carbocycles. The van der Waals surface area contributed by atoms with Crippen LogP contribution in [0, 0.1) is 11.8 Å². The highest BCUT2D eigenvalue weighted by atomic mass is 19.4. The van der Waals surface area contributed by atoms with Crippen LogP contribution >= 0.6 is 0 Å². The predicted molar refractivity (Wildman–Crippen MR) is 128 cm³/mol. The lowest BCUT2D eigenvalue weighted by Gasteiger charge is -2.44. The van der Waals surface area contributed by atoms with Crippen molar-refractivity contribution < 1.29 is 27.1 Å². The molecule has 4 nitrogen and oxygen atoms in total. The van der Waals surface area contributed by atoms with Crippen LogP contribution in [0.1, 0.15) is 68.5 Å². The molecular formula is C28H34F3NO3. The maximum absolute atomic E-state index is 13.6. The third kappa shape index (κ3) is 5.83. The molecule has 3 atom stereocenters. The SMILES string of the molecule is C=CC1C[C@H](OC(=O)C2(c3ccccc3)CCCCCC2)C1CCNCc1ccc(C(F)(F)F)o1. The fourth-order valence-electron chi connectivity index (χ4n) is 5.56. The summed E-state index contributed by atoms with van der Waals surface area (Å²) in [5, 5.41) is 3.15. The fraction of sp³-hybridized carbons (Fsp3) is 0.536. The van der Waals surface area contributed by atoms with Crippen molar-refractivity contribution in [1.29, 1.82) is 0 Å². The summed E-state index contributed by atoms with van der Waals surface area (Å²) in [6.45, 7) is 4.72. The lowest BCUT2D eigenvalue weighted by atomic mass is 9.68. The number of rotatable bonds is 9. The van der Waals surface area contributed by atoms with E-state index in [2.05, 4.69) is 11.9 Å². The Morgan fingerprint density at radius 1 is 1.11 bits per heavy atom. The van der Waals surface area contributed by atoms with Gasteiger partial charge in [0.25, 0.3) is 0 Å². The Morgan fingerprint density at radius 2 is 1.83 bits per heavy atom. The van der Waals surface area contributed by atoms with E-state index < -0.39 is 17.4 Å². The van der Waals surface area contributed by atoms with Gasteiger partial charge in [0, 0.05) is 5.92 Å². The number of carbonyl (C=O) groups excluding carboxylic acids is 1. The highest BCUT2D eigenvalue weighted by Crippen LogP contribution is 2.44.